The Morgan fingerprint density at radius 2 is 2.07 bits per heavy atom. The van der Waals surface area contributed by atoms with Gasteiger partial charge in [0.05, 0.1) is 0 Å². The Bertz CT molecular complexity index is 382. The van der Waals surface area contributed by atoms with Crippen LogP contribution in [-0.2, 0) is 9.84 Å². The molecule has 0 aliphatic heterocycles. The smallest absolute Gasteiger partial charge is 0.218 e. The van der Waals surface area contributed by atoms with Gasteiger partial charge in [0.15, 0.2) is 5.72 Å². The molecular formula is C8H17N3O3S. The fourth-order valence-corrected chi connectivity index (χ4v) is 1.48. The molecule has 0 heterocycles. The van der Waals surface area contributed by atoms with E-state index in [4.69, 9.17) is 5.73 Å². The molecule has 4 N–H and O–H groups in total. The van der Waals surface area contributed by atoms with E-state index in [0.717, 1.165) is 6.26 Å². The van der Waals surface area contributed by atoms with E-state index in [1.807, 2.05) is 0 Å². The van der Waals surface area contributed by atoms with Gasteiger partial charge in [-0.15, -0.1) is 0 Å². The number of rotatable bonds is 2. The van der Waals surface area contributed by atoms with Crippen LogP contribution in [0.25, 0.3) is 0 Å². The molecule has 7 heteroatoms. The van der Waals surface area contributed by atoms with E-state index in [9.17, 15) is 13.5 Å². The van der Waals surface area contributed by atoms with Crippen molar-refractivity contribution in [1.82, 2.24) is 5.32 Å². The van der Waals surface area contributed by atoms with Crippen molar-refractivity contribution < 1.29 is 13.5 Å². The number of hydrogen-bond donors (Lipinski definition) is 3. The zero-order valence-electron chi connectivity index (χ0n) is 9.27. The van der Waals surface area contributed by atoms with Gasteiger partial charge in [0.2, 0.25) is 15.0 Å². The summed E-state index contributed by atoms with van der Waals surface area (Å²) < 4.78 is 22.4. The summed E-state index contributed by atoms with van der Waals surface area (Å²) in [6.45, 7) is 2.91. The first-order valence-corrected chi connectivity index (χ1v) is 6.13. The number of nitrogens with zero attached hydrogens (tertiary/aromatic N) is 1. The summed E-state index contributed by atoms with van der Waals surface area (Å²) in [5, 5.41) is 11.9. The van der Waals surface area contributed by atoms with E-state index in [1.54, 1.807) is 6.92 Å². The van der Waals surface area contributed by atoms with E-state index in [0.29, 0.717) is 5.57 Å². The van der Waals surface area contributed by atoms with E-state index in [2.05, 4.69) is 10.3 Å². The molecule has 0 aromatic rings. The van der Waals surface area contributed by atoms with Crippen LogP contribution in [0.4, 0.5) is 0 Å². The van der Waals surface area contributed by atoms with Gasteiger partial charge in [0.1, 0.15) is 0 Å². The Kier molecular flexibility index (Phi) is 4.29. The molecule has 1 atom stereocenters. The Labute approximate surface area is 89.8 Å². The number of nitrogens with two attached hydrogens (primary N) is 1. The molecule has 0 bridgehead atoms. The fraction of sp³-hybridized carbons (Fsp3) is 0.625. The van der Waals surface area contributed by atoms with E-state index >= 15 is 0 Å². The van der Waals surface area contributed by atoms with E-state index < -0.39 is 15.6 Å². The van der Waals surface area contributed by atoms with Crippen LogP contribution in [-0.4, -0.2) is 37.7 Å². The number of sulfone groups is 1. The van der Waals surface area contributed by atoms with Gasteiger partial charge in [0, 0.05) is 13.3 Å². The Hall–Kier alpha value is -1.08. The second-order valence-corrected chi connectivity index (χ2v) is 5.24. The van der Waals surface area contributed by atoms with Crippen LogP contribution >= 0.6 is 0 Å². The number of aliphatic imine (C=N–C) groups is 1. The summed E-state index contributed by atoms with van der Waals surface area (Å²) in [5.74, 6) is 0. The van der Waals surface area contributed by atoms with Gasteiger partial charge in [-0.3, -0.25) is 0 Å². The number of amidine groups is 1. The average molecular weight is 235 g/mol. The van der Waals surface area contributed by atoms with Crippen LogP contribution in [0.15, 0.2) is 16.8 Å². The fourth-order valence-electron chi connectivity index (χ4n) is 0.768. The van der Waals surface area contributed by atoms with Crippen LogP contribution in [0, 0.1) is 0 Å². The van der Waals surface area contributed by atoms with Crippen molar-refractivity contribution in [1.29, 1.82) is 0 Å². The van der Waals surface area contributed by atoms with Gasteiger partial charge in [-0.1, -0.05) is 0 Å². The van der Waals surface area contributed by atoms with Gasteiger partial charge in [-0.2, -0.15) is 0 Å². The summed E-state index contributed by atoms with van der Waals surface area (Å²) >= 11 is 0. The lowest BCUT2D eigenvalue weighted by atomic mass is 10.1. The minimum Gasteiger partial charge on any atom is -0.404 e. The average Bonchev–Trinajstić information content (AvgIpc) is 2.10. The van der Waals surface area contributed by atoms with Crippen molar-refractivity contribution in [2.75, 3.05) is 13.3 Å². The highest BCUT2D eigenvalue weighted by Crippen LogP contribution is 2.16. The maximum absolute atomic E-state index is 11.2. The lowest BCUT2D eigenvalue weighted by Crippen LogP contribution is -2.34. The highest BCUT2D eigenvalue weighted by atomic mass is 32.2. The highest BCUT2D eigenvalue weighted by Gasteiger charge is 2.24. The zero-order chi connectivity index (χ0) is 12.3. The van der Waals surface area contributed by atoms with Gasteiger partial charge < -0.3 is 16.2 Å². The first-order chi connectivity index (χ1) is 6.65. The largest absolute Gasteiger partial charge is 0.404 e. The van der Waals surface area contributed by atoms with Gasteiger partial charge >= 0.3 is 0 Å². The molecule has 6 nitrogen and oxygen atoms in total. The molecule has 0 saturated heterocycles. The number of hydrogen-bond acceptors (Lipinski definition) is 5. The quantitative estimate of drug-likeness (QED) is 0.428. The SMILES string of the molecule is CN/C(=N\C(C)(O)/C(C)=C\N)S(C)(=O)=O. The number of aliphatic hydroxyl groups is 1. The predicted molar refractivity (Wildman–Crippen MR) is 59.9 cm³/mol. The molecule has 0 aliphatic carbocycles. The highest BCUT2D eigenvalue weighted by molar-refractivity contribution is 8.05. The third-order valence-electron chi connectivity index (χ3n) is 1.88. The molecule has 88 valence electrons. The van der Waals surface area contributed by atoms with Crippen molar-refractivity contribution >= 4 is 15.0 Å². The van der Waals surface area contributed by atoms with Crippen LogP contribution < -0.4 is 11.1 Å². The molecule has 1 unspecified atom stereocenters. The molecular weight excluding hydrogens is 218 g/mol. The molecule has 0 aromatic carbocycles. The molecule has 0 spiro atoms. The van der Waals surface area contributed by atoms with Gasteiger partial charge in [-0.05, 0) is 25.6 Å². The molecule has 0 radical (unpaired) electrons. The molecule has 0 saturated carbocycles. The van der Waals surface area contributed by atoms with Crippen molar-refractivity contribution in [3.8, 4) is 0 Å². The Morgan fingerprint density at radius 1 is 1.60 bits per heavy atom. The molecule has 0 fully saturated rings. The second-order valence-electron chi connectivity index (χ2n) is 3.31. The summed E-state index contributed by atoms with van der Waals surface area (Å²) in [6, 6.07) is 0. The summed E-state index contributed by atoms with van der Waals surface area (Å²) in [6.07, 6.45) is 2.18. The third kappa shape index (κ3) is 3.88. The first-order valence-electron chi connectivity index (χ1n) is 4.24. The topological polar surface area (TPSA) is 105 Å². The maximum atomic E-state index is 11.2. The van der Waals surface area contributed by atoms with E-state index in [1.165, 1.54) is 20.2 Å². The minimum absolute atomic E-state index is 0.284. The van der Waals surface area contributed by atoms with E-state index in [-0.39, 0.29) is 5.17 Å². The number of nitrogens with one attached hydrogen (secondary N) is 1. The molecule has 0 aromatic heterocycles. The standard InChI is InChI=1S/C8H17N3O3S/c1-6(5-9)8(2,12)11-7(10-3)15(4,13)14/h5,12H,9H2,1-4H3,(H,10,11)/b6-5-. The molecule has 0 rings (SSSR count). The Morgan fingerprint density at radius 3 is 2.33 bits per heavy atom. The van der Waals surface area contributed by atoms with Gasteiger partial charge in [-0.25, -0.2) is 13.4 Å². The normalized spacial score (nSPS) is 18.5. The predicted octanol–water partition coefficient (Wildman–Crippen LogP) is -0.823. The van der Waals surface area contributed by atoms with Crippen molar-refractivity contribution in [2.45, 2.75) is 19.6 Å². The lowest BCUT2D eigenvalue weighted by Gasteiger charge is -2.20. The monoisotopic (exact) mass is 235 g/mol. The van der Waals surface area contributed by atoms with Crippen LogP contribution in [0.1, 0.15) is 13.8 Å². The van der Waals surface area contributed by atoms with Crippen LogP contribution in [0.3, 0.4) is 0 Å². The second kappa shape index (κ2) is 4.63. The van der Waals surface area contributed by atoms with Crippen molar-refractivity contribution in [3.63, 3.8) is 0 Å². The summed E-state index contributed by atoms with van der Waals surface area (Å²) in [4.78, 5) is 3.69. The van der Waals surface area contributed by atoms with Crippen molar-refractivity contribution in [3.05, 3.63) is 11.8 Å². The van der Waals surface area contributed by atoms with Crippen LogP contribution in [0.2, 0.25) is 0 Å². The first kappa shape index (κ1) is 13.9. The van der Waals surface area contributed by atoms with Crippen molar-refractivity contribution in [2.24, 2.45) is 10.7 Å². The Balaban J connectivity index is 5.36. The lowest BCUT2D eigenvalue weighted by molar-refractivity contribution is 0.109. The van der Waals surface area contributed by atoms with Crippen LogP contribution in [0.5, 0.6) is 0 Å². The molecule has 15 heavy (non-hydrogen) atoms. The molecule has 0 amide bonds. The van der Waals surface area contributed by atoms with Gasteiger partial charge in [0.25, 0.3) is 0 Å². The summed E-state index contributed by atoms with van der Waals surface area (Å²) in [7, 11) is -2.06. The maximum Gasteiger partial charge on any atom is 0.218 e. The minimum atomic E-state index is -3.48. The summed E-state index contributed by atoms with van der Waals surface area (Å²) in [5.41, 5.74) is 3.95. The molecule has 0 aliphatic rings. The zero-order valence-corrected chi connectivity index (χ0v) is 10.1. The third-order valence-corrected chi connectivity index (χ3v) is 2.88.